The summed E-state index contributed by atoms with van der Waals surface area (Å²) in [6, 6.07) is 28.0. The van der Waals surface area contributed by atoms with Crippen LogP contribution in [0, 0.1) is 0 Å². The van der Waals surface area contributed by atoms with Crippen LogP contribution in [0.15, 0.2) is 90.0 Å². The minimum atomic E-state index is -0.276. The third-order valence-electron chi connectivity index (χ3n) is 5.26. The van der Waals surface area contributed by atoms with Gasteiger partial charge in [0.15, 0.2) is 0 Å². The molecule has 1 saturated heterocycles. The molecule has 0 aromatic heterocycles. The van der Waals surface area contributed by atoms with Crippen molar-refractivity contribution in [2.75, 3.05) is 13.7 Å². The molecule has 1 atom stereocenters. The molecule has 0 spiro atoms. The molecule has 0 saturated carbocycles. The number of rotatable bonds is 6. The van der Waals surface area contributed by atoms with Gasteiger partial charge in [-0.2, -0.15) is 5.10 Å². The average Bonchev–Trinajstić information content (AvgIpc) is 3.09. The standard InChI is InChI=1S/C25H25N3O2/c1-19(21-11-7-4-8-12-21)26-28-24(29)18-27(17-20-9-5-3-6-10-20)25(28)22-13-15-23(30-2)16-14-22/h3-16,25H,17-18H2,1-2H3/b26-19-/t25-/m1/s1. The van der Waals surface area contributed by atoms with E-state index in [1.807, 2.05) is 79.7 Å². The van der Waals surface area contributed by atoms with Gasteiger partial charge < -0.3 is 4.74 Å². The first-order valence-electron chi connectivity index (χ1n) is 10.0. The number of methoxy groups -OCH3 is 1. The van der Waals surface area contributed by atoms with Crippen molar-refractivity contribution in [3.8, 4) is 5.75 Å². The summed E-state index contributed by atoms with van der Waals surface area (Å²) in [5.74, 6) is 0.773. The molecule has 0 N–H and O–H groups in total. The van der Waals surface area contributed by atoms with Gasteiger partial charge in [0.05, 0.1) is 19.4 Å². The summed E-state index contributed by atoms with van der Waals surface area (Å²) in [6.07, 6.45) is -0.276. The minimum absolute atomic E-state index is 0.0120. The second-order valence-corrected chi connectivity index (χ2v) is 7.33. The van der Waals surface area contributed by atoms with Crippen LogP contribution in [0.5, 0.6) is 5.75 Å². The summed E-state index contributed by atoms with van der Waals surface area (Å²) >= 11 is 0. The fourth-order valence-electron chi connectivity index (χ4n) is 3.72. The monoisotopic (exact) mass is 399 g/mol. The fraction of sp³-hybridized carbons (Fsp3) is 0.200. The number of hydrogen-bond donors (Lipinski definition) is 0. The number of carbonyl (C=O) groups excluding carboxylic acids is 1. The van der Waals surface area contributed by atoms with Gasteiger partial charge in [-0.3, -0.25) is 9.69 Å². The summed E-state index contributed by atoms with van der Waals surface area (Å²) in [4.78, 5) is 15.2. The summed E-state index contributed by atoms with van der Waals surface area (Å²) in [5.41, 5.74) is 3.97. The van der Waals surface area contributed by atoms with Crippen molar-refractivity contribution in [3.05, 3.63) is 102 Å². The molecule has 1 aliphatic heterocycles. The maximum atomic E-state index is 13.0. The predicted octanol–water partition coefficient (Wildman–Crippen LogP) is 4.46. The summed E-state index contributed by atoms with van der Waals surface area (Å²) < 4.78 is 5.30. The van der Waals surface area contributed by atoms with Crippen LogP contribution in [0.2, 0.25) is 0 Å². The molecular weight excluding hydrogens is 374 g/mol. The van der Waals surface area contributed by atoms with Gasteiger partial charge in [0.25, 0.3) is 5.91 Å². The molecule has 5 nitrogen and oxygen atoms in total. The van der Waals surface area contributed by atoms with E-state index in [-0.39, 0.29) is 12.1 Å². The van der Waals surface area contributed by atoms with Gasteiger partial charge in [-0.05, 0) is 35.7 Å². The molecular formula is C25H25N3O2. The first kappa shape index (κ1) is 19.9. The molecule has 1 aliphatic rings. The smallest absolute Gasteiger partial charge is 0.258 e. The zero-order chi connectivity index (χ0) is 20.9. The molecule has 1 amide bonds. The van der Waals surface area contributed by atoms with Crippen LogP contribution >= 0.6 is 0 Å². The molecule has 5 heteroatoms. The van der Waals surface area contributed by atoms with Gasteiger partial charge in [0.2, 0.25) is 0 Å². The van der Waals surface area contributed by atoms with Gasteiger partial charge in [-0.25, -0.2) is 5.01 Å². The third kappa shape index (κ3) is 4.26. The van der Waals surface area contributed by atoms with Gasteiger partial charge in [-0.15, -0.1) is 0 Å². The number of hydrogen-bond acceptors (Lipinski definition) is 4. The maximum absolute atomic E-state index is 13.0. The van der Waals surface area contributed by atoms with E-state index in [0.717, 1.165) is 28.2 Å². The van der Waals surface area contributed by atoms with Crippen molar-refractivity contribution >= 4 is 11.6 Å². The summed E-state index contributed by atoms with van der Waals surface area (Å²) in [6.45, 7) is 2.92. The Morgan fingerprint density at radius 2 is 1.60 bits per heavy atom. The van der Waals surface area contributed by atoms with Crippen molar-refractivity contribution in [3.63, 3.8) is 0 Å². The number of amides is 1. The normalized spacial score (nSPS) is 17.4. The van der Waals surface area contributed by atoms with E-state index < -0.39 is 0 Å². The molecule has 3 aromatic rings. The van der Waals surface area contributed by atoms with Crippen molar-refractivity contribution in [2.24, 2.45) is 5.10 Å². The number of carbonyl (C=O) groups is 1. The lowest BCUT2D eigenvalue weighted by Crippen LogP contribution is -2.29. The van der Waals surface area contributed by atoms with Crippen molar-refractivity contribution in [1.82, 2.24) is 9.91 Å². The Morgan fingerprint density at radius 3 is 2.23 bits per heavy atom. The van der Waals surface area contributed by atoms with E-state index in [4.69, 9.17) is 9.84 Å². The lowest BCUT2D eigenvalue weighted by atomic mass is 10.1. The number of ether oxygens (including phenoxy) is 1. The van der Waals surface area contributed by atoms with Crippen LogP contribution in [0.4, 0.5) is 0 Å². The SMILES string of the molecule is COc1ccc([C@@H]2N(Cc3ccccc3)CC(=O)N2/N=C(/C)c2ccccc2)cc1. The lowest BCUT2D eigenvalue weighted by molar-refractivity contribution is -0.128. The first-order chi connectivity index (χ1) is 14.7. The number of nitrogens with zero attached hydrogens (tertiary/aromatic N) is 3. The van der Waals surface area contributed by atoms with E-state index in [2.05, 4.69) is 17.0 Å². The Morgan fingerprint density at radius 1 is 0.967 bits per heavy atom. The highest BCUT2D eigenvalue weighted by atomic mass is 16.5. The van der Waals surface area contributed by atoms with E-state index in [1.54, 1.807) is 12.1 Å². The predicted molar refractivity (Wildman–Crippen MR) is 118 cm³/mol. The molecule has 3 aromatic carbocycles. The van der Waals surface area contributed by atoms with E-state index in [1.165, 1.54) is 0 Å². The van der Waals surface area contributed by atoms with Crippen molar-refractivity contribution < 1.29 is 9.53 Å². The Kier molecular flexibility index (Phi) is 5.91. The molecule has 0 bridgehead atoms. The molecule has 30 heavy (non-hydrogen) atoms. The quantitative estimate of drug-likeness (QED) is 0.575. The number of benzene rings is 3. The summed E-state index contributed by atoms with van der Waals surface area (Å²) in [7, 11) is 1.65. The Bertz CT molecular complexity index is 1020. The topological polar surface area (TPSA) is 45.1 Å². The van der Waals surface area contributed by atoms with Crippen LogP contribution in [0.25, 0.3) is 0 Å². The Hall–Kier alpha value is -3.44. The fourth-order valence-corrected chi connectivity index (χ4v) is 3.72. The van der Waals surface area contributed by atoms with Crippen molar-refractivity contribution in [1.29, 1.82) is 0 Å². The lowest BCUT2D eigenvalue weighted by Gasteiger charge is -2.28. The zero-order valence-electron chi connectivity index (χ0n) is 17.2. The minimum Gasteiger partial charge on any atom is -0.497 e. The van der Waals surface area contributed by atoms with Gasteiger partial charge in [0.1, 0.15) is 11.9 Å². The Balaban J connectivity index is 1.70. The largest absolute Gasteiger partial charge is 0.497 e. The van der Waals surface area contributed by atoms with Gasteiger partial charge >= 0.3 is 0 Å². The second-order valence-electron chi connectivity index (χ2n) is 7.33. The van der Waals surface area contributed by atoms with Crippen LogP contribution in [0.3, 0.4) is 0 Å². The van der Waals surface area contributed by atoms with E-state index in [9.17, 15) is 4.79 Å². The maximum Gasteiger partial charge on any atom is 0.258 e. The van der Waals surface area contributed by atoms with E-state index >= 15 is 0 Å². The van der Waals surface area contributed by atoms with Crippen molar-refractivity contribution in [2.45, 2.75) is 19.6 Å². The molecule has 152 valence electrons. The zero-order valence-corrected chi connectivity index (χ0v) is 17.2. The molecule has 0 aliphatic carbocycles. The average molecular weight is 399 g/mol. The molecule has 4 rings (SSSR count). The van der Waals surface area contributed by atoms with Crippen LogP contribution in [0.1, 0.15) is 29.8 Å². The molecule has 0 radical (unpaired) electrons. The second kappa shape index (κ2) is 8.93. The van der Waals surface area contributed by atoms with Crippen LogP contribution in [-0.4, -0.2) is 35.2 Å². The third-order valence-corrected chi connectivity index (χ3v) is 5.26. The van der Waals surface area contributed by atoms with Crippen LogP contribution in [-0.2, 0) is 11.3 Å². The highest BCUT2D eigenvalue weighted by molar-refractivity contribution is 5.99. The van der Waals surface area contributed by atoms with E-state index in [0.29, 0.717) is 13.1 Å². The molecule has 1 fully saturated rings. The van der Waals surface area contributed by atoms with Crippen LogP contribution < -0.4 is 4.74 Å². The highest BCUT2D eigenvalue weighted by Crippen LogP contribution is 2.33. The first-order valence-corrected chi connectivity index (χ1v) is 10.0. The molecule has 0 unspecified atom stereocenters. The van der Waals surface area contributed by atoms with Gasteiger partial charge in [-0.1, -0.05) is 72.8 Å². The molecule has 1 heterocycles. The Labute approximate surface area is 177 Å². The highest BCUT2D eigenvalue weighted by Gasteiger charge is 2.39. The summed E-state index contributed by atoms with van der Waals surface area (Å²) in [5, 5.41) is 6.37. The van der Waals surface area contributed by atoms with Gasteiger partial charge in [0, 0.05) is 6.54 Å². The number of hydrazone groups is 1.